The summed E-state index contributed by atoms with van der Waals surface area (Å²) in [6.45, 7) is 2.17. The van der Waals surface area contributed by atoms with Crippen molar-refractivity contribution in [3.8, 4) is 0 Å². The molecule has 1 fully saturated rings. The summed E-state index contributed by atoms with van der Waals surface area (Å²) in [7, 11) is 0. The van der Waals surface area contributed by atoms with Gasteiger partial charge in [-0.25, -0.2) is 0 Å². The highest BCUT2D eigenvalue weighted by Gasteiger charge is 2.30. The second-order valence-electron chi connectivity index (χ2n) is 4.30. The van der Waals surface area contributed by atoms with Gasteiger partial charge in [-0.2, -0.15) is 24.9 Å². The number of halogens is 3. The van der Waals surface area contributed by atoms with Crippen LogP contribution in [0.4, 0.5) is 18.9 Å². The van der Waals surface area contributed by atoms with Crippen LogP contribution in [-0.2, 0) is 6.18 Å². The van der Waals surface area contributed by atoms with E-state index < -0.39 is 11.7 Å². The van der Waals surface area contributed by atoms with Crippen LogP contribution in [0, 0.1) is 0 Å². The van der Waals surface area contributed by atoms with Crippen molar-refractivity contribution in [1.82, 2.24) is 0 Å². The van der Waals surface area contributed by atoms with E-state index in [0.29, 0.717) is 11.3 Å². The number of anilines is 1. The Morgan fingerprint density at radius 3 is 2.35 bits per heavy atom. The first-order chi connectivity index (χ1) is 7.95. The van der Waals surface area contributed by atoms with Crippen LogP contribution in [0.25, 0.3) is 0 Å². The predicted molar refractivity (Wildman–Crippen MR) is 65.4 cm³/mol. The van der Waals surface area contributed by atoms with E-state index in [1.165, 1.54) is 12.1 Å². The van der Waals surface area contributed by atoms with Gasteiger partial charge in [0.15, 0.2) is 0 Å². The summed E-state index contributed by atoms with van der Waals surface area (Å²) >= 11 is 1.89. The zero-order chi connectivity index (χ0) is 12.5. The highest BCUT2D eigenvalue weighted by Crippen LogP contribution is 2.31. The Hall–Kier alpha value is -0.840. The first-order valence-corrected chi connectivity index (χ1v) is 6.55. The summed E-state index contributed by atoms with van der Waals surface area (Å²) in [4.78, 5) is 0. The Morgan fingerprint density at radius 2 is 1.88 bits per heavy atom. The van der Waals surface area contributed by atoms with Crippen molar-refractivity contribution in [3.05, 3.63) is 29.8 Å². The van der Waals surface area contributed by atoms with Crippen LogP contribution in [-0.4, -0.2) is 17.0 Å². The van der Waals surface area contributed by atoms with Crippen molar-refractivity contribution >= 4 is 17.4 Å². The highest BCUT2D eigenvalue weighted by atomic mass is 32.2. The second kappa shape index (κ2) is 4.80. The quantitative estimate of drug-likeness (QED) is 0.863. The van der Waals surface area contributed by atoms with Gasteiger partial charge in [-0.15, -0.1) is 0 Å². The van der Waals surface area contributed by atoms with Crippen molar-refractivity contribution in [2.75, 3.05) is 11.1 Å². The maximum atomic E-state index is 12.4. The van der Waals surface area contributed by atoms with Crippen molar-refractivity contribution in [1.29, 1.82) is 0 Å². The minimum atomic E-state index is -4.25. The maximum Gasteiger partial charge on any atom is 0.416 e. The minimum absolute atomic E-state index is 0.367. The van der Waals surface area contributed by atoms with Crippen molar-refractivity contribution < 1.29 is 13.2 Å². The standard InChI is InChI=1S/C12H14F3NS/c1-8-6-11(7-17-8)16-10-4-2-9(3-5-10)12(13,14)15/h2-5,8,11,16H,6-7H2,1H3. The zero-order valence-electron chi connectivity index (χ0n) is 9.42. The second-order valence-corrected chi connectivity index (χ2v) is 5.77. The molecule has 1 saturated heterocycles. The molecule has 5 heteroatoms. The molecule has 17 heavy (non-hydrogen) atoms. The molecule has 2 atom stereocenters. The molecular weight excluding hydrogens is 247 g/mol. The average Bonchev–Trinajstić information content (AvgIpc) is 2.63. The highest BCUT2D eigenvalue weighted by molar-refractivity contribution is 8.00. The number of hydrogen-bond donors (Lipinski definition) is 1. The van der Waals surface area contributed by atoms with Crippen LogP contribution < -0.4 is 5.32 Å². The first kappa shape index (κ1) is 12.6. The Kier molecular flexibility index (Phi) is 3.56. The fraction of sp³-hybridized carbons (Fsp3) is 0.500. The number of benzene rings is 1. The first-order valence-electron chi connectivity index (χ1n) is 5.50. The van der Waals surface area contributed by atoms with Gasteiger partial charge in [0.25, 0.3) is 0 Å². The van der Waals surface area contributed by atoms with Gasteiger partial charge in [0.2, 0.25) is 0 Å². The minimum Gasteiger partial charge on any atom is -0.381 e. The molecule has 94 valence electrons. The smallest absolute Gasteiger partial charge is 0.381 e. The molecule has 0 aliphatic carbocycles. The molecule has 0 radical (unpaired) electrons. The summed E-state index contributed by atoms with van der Waals surface area (Å²) in [5.41, 5.74) is 0.162. The molecule has 0 spiro atoms. The van der Waals surface area contributed by atoms with Crippen molar-refractivity contribution in [2.24, 2.45) is 0 Å². The summed E-state index contributed by atoms with van der Waals surface area (Å²) < 4.78 is 37.1. The largest absolute Gasteiger partial charge is 0.416 e. The maximum absolute atomic E-state index is 12.4. The summed E-state index contributed by atoms with van der Waals surface area (Å²) in [6.07, 6.45) is -3.19. The fourth-order valence-corrected chi connectivity index (χ4v) is 3.06. The molecule has 0 aromatic heterocycles. The van der Waals surface area contributed by atoms with Crippen LogP contribution in [0.15, 0.2) is 24.3 Å². The monoisotopic (exact) mass is 261 g/mol. The Balaban J connectivity index is 1.99. The van der Waals surface area contributed by atoms with Crippen LogP contribution in [0.1, 0.15) is 18.9 Å². The SMILES string of the molecule is CC1CC(Nc2ccc(C(F)(F)F)cc2)CS1. The van der Waals surface area contributed by atoms with Crippen molar-refractivity contribution in [3.63, 3.8) is 0 Å². The molecule has 0 amide bonds. The van der Waals surface area contributed by atoms with Gasteiger partial charge < -0.3 is 5.32 Å². The molecule has 1 nitrogen and oxygen atoms in total. The molecule has 2 rings (SSSR count). The summed E-state index contributed by atoms with van der Waals surface area (Å²) in [5, 5.41) is 3.89. The molecular formula is C12H14F3NS. The van der Waals surface area contributed by atoms with Crippen LogP contribution >= 0.6 is 11.8 Å². The van der Waals surface area contributed by atoms with Crippen LogP contribution in [0.3, 0.4) is 0 Å². The van der Waals surface area contributed by atoms with Gasteiger partial charge in [0.1, 0.15) is 0 Å². The normalized spacial score (nSPS) is 24.9. The van der Waals surface area contributed by atoms with E-state index in [9.17, 15) is 13.2 Å². The Labute approximate surface area is 103 Å². The molecule has 1 heterocycles. The number of nitrogens with one attached hydrogen (secondary N) is 1. The third kappa shape index (κ3) is 3.31. The Bertz CT molecular complexity index is 374. The zero-order valence-corrected chi connectivity index (χ0v) is 10.2. The predicted octanol–water partition coefficient (Wildman–Crippen LogP) is 4.01. The van der Waals surface area contributed by atoms with Gasteiger partial charge in [-0.05, 0) is 30.7 Å². The van der Waals surface area contributed by atoms with Gasteiger partial charge in [0.05, 0.1) is 5.56 Å². The lowest BCUT2D eigenvalue weighted by atomic mass is 10.1. The van der Waals surface area contributed by atoms with E-state index in [2.05, 4.69) is 12.2 Å². The van der Waals surface area contributed by atoms with E-state index in [4.69, 9.17) is 0 Å². The average molecular weight is 261 g/mol. The van der Waals surface area contributed by atoms with Gasteiger partial charge >= 0.3 is 6.18 Å². The van der Waals surface area contributed by atoms with E-state index in [-0.39, 0.29) is 0 Å². The number of rotatable bonds is 2. The number of hydrogen-bond acceptors (Lipinski definition) is 2. The third-order valence-corrected chi connectivity index (χ3v) is 4.14. The van der Waals surface area contributed by atoms with Crippen LogP contribution in [0.5, 0.6) is 0 Å². The number of alkyl halides is 3. The molecule has 1 aromatic rings. The van der Waals surface area contributed by atoms with Gasteiger partial charge in [-0.3, -0.25) is 0 Å². The molecule has 0 saturated carbocycles. The van der Waals surface area contributed by atoms with E-state index in [0.717, 1.165) is 30.0 Å². The lowest BCUT2D eigenvalue weighted by molar-refractivity contribution is -0.137. The summed E-state index contributed by atoms with van der Waals surface area (Å²) in [6, 6.07) is 5.60. The fourth-order valence-electron chi connectivity index (χ4n) is 1.91. The molecule has 1 aliphatic heterocycles. The Morgan fingerprint density at radius 1 is 1.24 bits per heavy atom. The summed E-state index contributed by atoms with van der Waals surface area (Å²) in [5.74, 6) is 1.02. The number of thioether (sulfide) groups is 1. The van der Waals surface area contributed by atoms with E-state index in [1.807, 2.05) is 11.8 Å². The van der Waals surface area contributed by atoms with Gasteiger partial charge in [-0.1, -0.05) is 6.92 Å². The lowest BCUT2D eigenvalue weighted by Crippen LogP contribution is -2.18. The lowest BCUT2D eigenvalue weighted by Gasteiger charge is -2.14. The van der Waals surface area contributed by atoms with Crippen molar-refractivity contribution in [2.45, 2.75) is 30.8 Å². The third-order valence-electron chi connectivity index (χ3n) is 2.78. The molecule has 2 unspecified atom stereocenters. The van der Waals surface area contributed by atoms with E-state index >= 15 is 0 Å². The van der Waals surface area contributed by atoms with Crippen LogP contribution in [0.2, 0.25) is 0 Å². The molecule has 1 aliphatic rings. The molecule has 0 bridgehead atoms. The molecule has 1 aromatic carbocycles. The topological polar surface area (TPSA) is 12.0 Å². The van der Waals surface area contributed by atoms with E-state index in [1.54, 1.807) is 0 Å². The van der Waals surface area contributed by atoms with Gasteiger partial charge in [0, 0.05) is 22.7 Å². The molecule has 1 N–H and O–H groups in total.